The third kappa shape index (κ3) is 8.04. The van der Waals surface area contributed by atoms with Crippen LogP contribution in [0.1, 0.15) is 79.0 Å². The summed E-state index contributed by atoms with van der Waals surface area (Å²) in [6, 6.07) is 36.3. The lowest BCUT2D eigenvalue weighted by Gasteiger charge is -2.15. The van der Waals surface area contributed by atoms with Gasteiger partial charge in [0.05, 0.1) is 12.1 Å². The van der Waals surface area contributed by atoms with Crippen LogP contribution in [0.25, 0.3) is 21.5 Å². The number of fused-ring (bicyclic) bond motifs is 2. The Morgan fingerprint density at radius 2 is 0.833 bits per heavy atom. The molecule has 2 heterocycles. The molecule has 4 N–H and O–H groups in total. The molecule has 0 saturated heterocycles. The van der Waals surface area contributed by atoms with E-state index in [9.17, 15) is 19.2 Å². The summed E-state index contributed by atoms with van der Waals surface area (Å²) in [5.41, 5.74) is 1.81. The van der Waals surface area contributed by atoms with Crippen molar-refractivity contribution in [1.29, 1.82) is 0 Å². The zero-order valence-corrected chi connectivity index (χ0v) is 26.1. The molecule has 0 bridgehead atoms. The summed E-state index contributed by atoms with van der Waals surface area (Å²) in [6.45, 7) is 3.76. The van der Waals surface area contributed by atoms with E-state index in [4.69, 9.17) is 10.2 Å². The van der Waals surface area contributed by atoms with E-state index in [2.05, 4.69) is 20.6 Å². The molecule has 0 aliphatic heterocycles. The van der Waals surface area contributed by atoms with Crippen molar-refractivity contribution in [2.45, 2.75) is 25.9 Å². The van der Waals surface area contributed by atoms with Gasteiger partial charge in [0, 0.05) is 0 Å². The average molecular weight is 641 g/mol. The highest BCUT2D eigenvalue weighted by atomic mass is 16.4. The fraction of sp³-hybridized carbons (Fsp3) is 0.105. The number of nitrogens with zero attached hydrogens (tertiary/aromatic N) is 2. The molecule has 2 amide bonds. The second-order valence-electron chi connectivity index (χ2n) is 11.0. The topological polar surface area (TPSA) is 159 Å². The maximum absolute atomic E-state index is 12.3. The summed E-state index contributed by atoms with van der Waals surface area (Å²) < 4.78 is 0. The minimum absolute atomic E-state index is 0.0857. The summed E-state index contributed by atoms with van der Waals surface area (Å²) in [4.78, 5) is 54.2. The number of carboxylic acids is 2. The van der Waals surface area contributed by atoms with Gasteiger partial charge in [0.2, 0.25) is 0 Å². The molecular formula is C38H32N4O6. The van der Waals surface area contributed by atoms with E-state index in [1.165, 1.54) is 36.4 Å². The van der Waals surface area contributed by atoms with Gasteiger partial charge >= 0.3 is 11.9 Å². The number of nitrogens with one attached hydrogen (secondary N) is 2. The minimum atomic E-state index is -1.16. The fourth-order valence-corrected chi connectivity index (χ4v) is 5.02. The molecular weight excluding hydrogens is 608 g/mol. The Bertz CT molecular complexity index is 2000. The summed E-state index contributed by atoms with van der Waals surface area (Å²) in [5, 5.41) is 28.1. The Labute approximate surface area is 276 Å². The zero-order valence-electron chi connectivity index (χ0n) is 26.1. The Balaban J connectivity index is 0.000000188. The predicted molar refractivity (Wildman–Crippen MR) is 182 cm³/mol. The summed E-state index contributed by atoms with van der Waals surface area (Å²) in [7, 11) is 0. The molecule has 0 saturated carbocycles. The molecule has 0 radical (unpaired) electrons. The van der Waals surface area contributed by atoms with Crippen LogP contribution in [0.5, 0.6) is 0 Å². The average Bonchev–Trinajstić information content (AvgIpc) is 3.11. The Morgan fingerprint density at radius 1 is 0.479 bits per heavy atom. The molecule has 0 unspecified atom stereocenters. The third-order valence-electron chi connectivity index (χ3n) is 7.64. The molecule has 6 aromatic rings. The predicted octanol–water partition coefficient (Wildman–Crippen LogP) is 6.85. The lowest BCUT2D eigenvalue weighted by atomic mass is 10.0. The van der Waals surface area contributed by atoms with Gasteiger partial charge < -0.3 is 20.8 Å². The first-order valence-corrected chi connectivity index (χ1v) is 15.1. The largest absolute Gasteiger partial charge is 0.477 e. The first kappa shape index (κ1) is 33.0. The van der Waals surface area contributed by atoms with Gasteiger partial charge in [0.15, 0.2) is 0 Å². The number of carbonyl (C=O) groups excluding carboxylic acids is 2. The number of amides is 2. The molecule has 6 rings (SSSR count). The lowest BCUT2D eigenvalue weighted by Crippen LogP contribution is -2.27. The molecule has 4 aromatic carbocycles. The van der Waals surface area contributed by atoms with E-state index in [0.717, 1.165) is 32.7 Å². The summed E-state index contributed by atoms with van der Waals surface area (Å²) in [6.07, 6.45) is 0. The van der Waals surface area contributed by atoms with Crippen LogP contribution >= 0.6 is 0 Å². The van der Waals surface area contributed by atoms with Crippen molar-refractivity contribution in [3.8, 4) is 0 Å². The number of carboxylic acid groups (broad SMARTS) is 2. The highest BCUT2D eigenvalue weighted by molar-refractivity contribution is 5.95. The van der Waals surface area contributed by atoms with E-state index < -0.39 is 23.8 Å². The van der Waals surface area contributed by atoms with Crippen molar-refractivity contribution in [2.75, 3.05) is 0 Å². The second-order valence-corrected chi connectivity index (χ2v) is 11.0. The Morgan fingerprint density at radius 3 is 1.21 bits per heavy atom. The van der Waals surface area contributed by atoms with Gasteiger partial charge in [-0.25, -0.2) is 19.6 Å². The molecule has 240 valence electrons. The molecule has 0 aliphatic carbocycles. The van der Waals surface area contributed by atoms with Crippen molar-refractivity contribution >= 4 is 45.3 Å². The van der Waals surface area contributed by atoms with Gasteiger partial charge in [0.25, 0.3) is 11.8 Å². The van der Waals surface area contributed by atoms with Crippen LogP contribution in [0, 0.1) is 0 Å². The van der Waals surface area contributed by atoms with Crippen LogP contribution in [0.3, 0.4) is 0 Å². The number of rotatable bonds is 8. The molecule has 48 heavy (non-hydrogen) atoms. The number of aromatic carboxylic acids is 2. The number of benzene rings is 4. The van der Waals surface area contributed by atoms with Gasteiger partial charge in [-0.15, -0.1) is 0 Å². The van der Waals surface area contributed by atoms with Crippen molar-refractivity contribution in [1.82, 2.24) is 20.6 Å². The van der Waals surface area contributed by atoms with Crippen LogP contribution in [0.4, 0.5) is 0 Å². The van der Waals surface area contributed by atoms with Crippen molar-refractivity contribution in [3.05, 3.63) is 155 Å². The first-order chi connectivity index (χ1) is 23.1. The molecule has 10 heteroatoms. The van der Waals surface area contributed by atoms with E-state index in [1.807, 2.05) is 98.8 Å². The van der Waals surface area contributed by atoms with Crippen molar-refractivity contribution in [3.63, 3.8) is 0 Å². The molecule has 0 fully saturated rings. The number of pyridine rings is 2. The standard InChI is InChI=1S/2C19H16N2O3/c2*1-12(14-10-9-13-5-2-3-6-15(13)11-14)20-18(22)16-7-4-8-17(21-16)19(23)24/h2*2-12H,1H3,(H,20,22)(H,23,24)/t2*12-/m11/s1. The normalized spacial score (nSPS) is 11.9. The zero-order chi connectivity index (χ0) is 34.2. The van der Waals surface area contributed by atoms with Crippen molar-refractivity contribution < 1.29 is 29.4 Å². The maximum atomic E-state index is 12.3. The number of hydrogen-bond acceptors (Lipinski definition) is 6. The van der Waals surface area contributed by atoms with Crippen LogP contribution in [-0.2, 0) is 0 Å². The number of carbonyl (C=O) groups is 4. The van der Waals surface area contributed by atoms with Gasteiger partial charge in [-0.1, -0.05) is 84.9 Å². The fourth-order valence-electron chi connectivity index (χ4n) is 5.02. The minimum Gasteiger partial charge on any atom is -0.477 e. The smallest absolute Gasteiger partial charge is 0.354 e. The van der Waals surface area contributed by atoms with Crippen LogP contribution in [0.15, 0.2) is 121 Å². The molecule has 0 aliphatic rings. The van der Waals surface area contributed by atoms with Gasteiger partial charge in [0.1, 0.15) is 22.8 Å². The van der Waals surface area contributed by atoms with Gasteiger partial charge in [-0.3, -0.25) is 9.59 Å². The molecule has 10 nitrogen and oxygen atoms in total. The summed E-state index contributed by atoms with van der Waals surface area (Å²) in [5.74, 6) is -3.13. The number of hydrogen-bond donors (Lipinski definition) is 4. The molecule has 2 atom stereocenters. The van der Waals surface area contributed by atoms with Crippen LogP contribution < -0.4 is 10.6 Å². The highest BCUT2D eigenvalue weighted by Crippen LogP contribution is 2.22. The van der Waals surface area contributed by atoms with Gasteiger partial charge in [-0.05, 0) is 82.9 Å². The second kappa shape index (κ2) is 14.8. The first-order valence-electron chi connectivity index (χ1n) is 15.1. The molecule has 0 spiro atoms. The maximum Gasteiger partial charge on any atom is 0.354 e. The van der Waals surface area contributed by atoms with Gasteiger partial charge in [-0.2, -0.15) is 0 Å². The van der Waals surface area contributed by atoms with Crippen molar-refractivity contribution in [2.24, 2.45) is 0 Å². The number of aromatic nitrogens is 2. The molecule has 2 aromatic heterocycles. The van der Waals surface area contributed by atoms with E-state index in [0.29, 0.717) is 0 Å². The van der Waals surface area contributed by atoms with E-state index in [-0.39, 0.29) is 34.9 Å². The Hall–Kier alpha value is -6.42. The lowest BCUT2D eigenvalue weighted by molar-refractivity contribution is 0.0679. The summed E-state index contributed by atoms with van der Waals surface area (Å²) >= 11 is 0. The highest BCUT2D eigenvalue weighted by Gasteiger charge is 2.16. The Kier molecular flexibility index (Phi) is 10.1. The monoisotopic (exact) mass is 640 g/mol. The van der Waals surface area contributed by atoms with E-state index >= 15 is 0 Å². The third-order valence-corrected chi connectivity index (χ3v) is 7.64. The van der Waals surface area contributed by atoms with E-state index in [1.54, 1.807) is 0 Å². The van der Waals surface area contributed by atoms with Crippen LogP contribution in [-0.4, -0.2) is 43.9 Å². The van der Waals surface area contributed by atoms with Crippen LogP contribution in [0.2, 0.25) is 0 Å². The quantitative estimate of drug-likeness (QED) is 0.141. The SMILES string of the molecule is C[C@@H](NC(=O)c1cccc(C(=O)O)n1)c1ccc2ccccc2c1.C[C@@H](NC(=O)c1cccc(C(=O)O)n1)c1ccc2ccccc2c1.